The van der Waals surface area contributed by atoms with Crippen molar-refractivity contribution in [2.24, 2.45) is 0 Å². The molecule has 0 atom stereocenters. The minimum Gasteiger partial charge on any atom is -0.378 e. The quantitative estimate of drug-likeness (QED) is 0.615. The Morgan fingerprint density at radius 2 is 1.91 bits per heavy atom. The van der Waals surface area contributed by atoms with Crippen molar-refractivity contribution in [3.8, 4) is 11.4 Å². The Labute approximate surface area is 134 Å². The molecular formula is C18H17N5. The molecule has 0 aliphatic rings. The molecular weight excluding hydrogens is 286 g/mol. The van der Waals surface area contributed by atoms with Gasteiger partial charge in [0.05, 0.1) is 22.6 Å². The summed E-state index contributed by atoms with van der Waals surface area (Å²) in [4.78, 5) is 11.4. The van der Waals surface area contributed by atoms with Crippen LogP contribution in [0.2, 0.25) is 0 Å². The van der Waals surface area contributed by atoms with Crippen molar-refractivity contribution in [3.05, 3.63) is 48.3 Å². The van der Waals surface area contributed by atoms with Gasteiger partial charge in [-0.15, -0.1) is 0 Å². The number of nitrogens with zero attached hydrogens (tertiary/aromatic N) is 4. The Bertz CT molecular complexity index is 1000. The smallest absolute Gasteiger partial charge is 0.112 e. The molecule has 3 aromatic heterocycles. The molecule has 0 fully saturated rings. The summed E-state index contributed by atoms with van der Waals surface area (Å²) in [5.74, 6) is 0. The third-order valence-corrected chi connectivity index (χ3v) is 4.09. The Hall–Kier alpha value is -2.95. The molecule has 0 saturated carbocycles. The van der Waals surface area contributed by atoms with Gasteiger partial charge in [-0.05, 0) is 37.3 Å². The van der Waals surface area contributed by atoms with Gasteiger partial charge in [-0.1, -0.05) is 6.07 Å². The van der Waals surface area contributed by atoms with Crippen molar-refractivity contribution >= 4 is 27.5 Å². The molecule has 0 spiro atoms. The first-order valence-electron chi connectivity index (χ1n) is 7.52. The topological polar surface area (TPSA) is 57.7 Å². The SMILES string of the molecule is Cc1n[nH]c2c1nc(-c1ccccn1)c1ccc(N(C)C)cc12. The van der Waals surface area contributed by atoms with Gasteiger partial charge in [0.2, 0.25) is 0 Å². The summed E-state index contributed by atoms with van der Waals surface area (Å²) in [7, 11) is 4.08. The van der Waals surface area contributed by atoms with Crippen LogP contribution in [0.25, 0.3) is 33.2 Å². The number of benzene rings is 1. The van der Waals surface area contributed by atoms with Gasteiger partial charge in [-0.3, -0.25) is 10.1 Å². The molecule has 4 aromatic rings. The van der Waals surface area contributed by atoms with Crippen LogP contribution in [0.4, 0.5) is 5.69 Å². The van der Waals surface area contributed by atoms with E-state index < -0.39 is 0 Å². The minimum absolute atomic E-state index is 0.873. The normalized spacial score (nSPS) is 11.3. The summed E-state index contributed by atoms with van der Waals surface area (Å²) in [6, 6.07) is 12.3. The van der Waals surface area contributed by atoms with E-state index in [4.69, 9.17) is 4.98 Å². The molecule has 0 amide bonds. The van der Waals surface area contributed by atoms with Crippen LogP contribution in [0.1, 0.15) is 5.69 Å². The number of pyridine rings is 2. The average molecular weight is 303 g/mol. The van der Waals surface area contributed by atoms with Crippen LogP contribution in [0, 0.1) is 6.92 Å². The highest BCUT2D eigenvalue weighted by atomic mass is 15.1. The Morgan fingerprint density at radius 3 is 2.65 bits per heavy atom. The van der Waals surface area contributed by atoms with Gasteiger partial charge in [0.1, 0.15) is 5.52 Å². The van der Waals surface area contributed by atoms with Crippen LogP contribution >= 0.6 is 0 Å². The molecule has 1 N–H and O–H groups in total. The van der Waals surface area contributed by atoms with Crippen LogP contribution < -0.4 is 4.90 Å². The summed E-state index contributed by atoms with van der Waals surface area (Å²) in [6.45, 7) is 1.97. The molecule has 0 aliphatic heterocycles. The summed E-state index contributed by atoms with van der Waals surface area (Å²) in [5, 5.41) is 9.65. The van der Waals surface area contributed by atoms with Gasteiger partial charge in [0.15, 0.2) is 0 Å². The van der Waals surface area contributed by atoms with E-state index in [0.717, 1.165) is 44.6 Å². The summed E-state index contributed by atoms with van der Waals surface area (Å²) in [5.41, 5.74) is 5.68. The van der Waals surface area contributed by atoms with Crippen LogP contribution in [0.3, 0.4) is 0 Å². The molecule has 1 aromatic carbocycles. The van der Waals surface area contributed by atoms with Gasteiger partial charge in [0.25, 0.3) is 0 Å². The standard InChI is InChI=1S/C18H17N5/c1-11-16-18(22-21-11)14-10-12(23(2)3)7-8-13(14)17(20-16)15-6-4-5-9-19-15/h4-10H,1-3H3,(H,21,22). The fourth-order valence-corrected chi connectivity index (χ4v) is 2.85. The first-order valence-corrected chi connectivity index (χ1v) is 7.52. The lowest BCUT2D eigenvalue weighted by molar-refractivity contribution is 1.07. The molecule has 0 bridgehead atoms. The monoisotopic (exact) mass is 303 g/mol. The molecule has 4 rings (SSSR count). The Kier molecular flexibility index (Phi) is 3.01. The van der Waals surface area contributed by atoms with Gasteiger partial charge in [-0.25, -0.2) is 4.98 Å². The zero-order chi connectivity index (χ0) is 16.0. The predicted octanol–water partition coefficient (Wildman–Crippen LogP) is 3.55. The molecule has 5 heteroatoms. The van der Waals surface area contributed by atoms with Crippen molar-refractivity contribution in [1.82, 2.24) is 20.2 Å². The second kappa shape index (κ2) is 5.05. The van der Waals surface area contributed by atoms with Crippen molar-refractivity contribution in [2.75, 3.05) is 19.0 Å². The van der Waals surface area contributed by atoms with Crippen LogP contribution in [0.15, 0.2) is 42.6 Å². The molecule has 3 heterocycles. The summed E-state index contributed by atoms with van der Waals surface area (Å²) < 4.78 is 0. The third-order valence-electron chi connectivity index (χ3n) is 4.09. The highest BCUT2D eigenvalue weighted by Crippen LogP contribution is 2.33. The molecule has 0 aliphatic carbocycles. The third kappa shape index (κ3) is 2.12. The van der Waals surface area contributed by atoms with E-state index in [9.17, 15) is 0 Å². The van der Waals surface area contributed by atoms with Crippen molar-refractivity contribution in [2.45, 2.75) is 6.92 Å². The fourth-order valence-electron chi connectivity index (χ4n) is 2.85. The maximum atomic E-state index is 4.84. The Balaban J connectivity index is 2.14. The van der Waals surface area contributed by atoms with Gasteiger partial charge in [0, 0.05) is 36.8 Å². The van der Waals surface area contributed by atoms with E-state index in [1.54, 1.807) is 6.20 Å². The van der Waals surface area contributed by atoms with Gasteiger partial charge < -0.3 is 4.90 Å². The summed E-state index contributed by atoms with van der Waals surface area (Å²) in [6.07, 6.45) is 1.80. The molecule has 0 saturated heterocycles. The number of H-pyrrole nitrogens is 1. The van der Waals surface area contributed by atoms with Crippen molar-refractivity contribution in [1.29, 1.82) is 0 Å². The zero-order valence-electron chi connectivity index (χ0n) is 13.3. The zero-order valence-corrected chi connectivity index (χ0v) is 13.3. The van der Waals surface area contributed by atoms with E-state index in [0.29, 0.717) is 0 Å². The molecule has 23 heavy (non-hydrogen) atoms. The minimum atomic E-state index is 0.873. The van der Waals surface area contributed by atoms with E-state index in [1.165, 1.54) is 0 Å². The number of fused-ring (bicyclic) bond motifs is 3. The van der Waals surface area contributed by atoms with Gasteiger partial charge >= 0.3 is 0 Å². The number of anilines is 1. The number of hydrogen-bond acceptors (Lipinski definition) is 4. The van der Waals surface area contributed by atoms with E-state index >= 15 is 0 Å². The van der Waals surface area contributed by atoms with Crippen molar-refractivity contribution < 1.29 is 0 Å². The van der Waals surface area contributed by atoms with Crippen LogP contribution in [-0.4, -0.2) is 34.3 Å². The fraction of sp³-hybridized carbons (Fsp3) is 0.167. The van der Waals surface area contributed by atoms with E-state index in [-0.39, 0.29) is 0 Å². The number of hydrogen-bond donors (Lipinski definition) is 1. The average Bonchev–Trinajstić information content (AvgIpc) is 2.96. The highest BCUT2D eigenvalue weighted by Gasteiger charge is 2.15. The first-order chi connectivity index (χ1) is 11.1. The van der Waals surface area contributed by atoms with E-state index in [1.807, 2.05) is 39.2 Å². The number of rotatable bonds is 2. The van der Waals surface area contributed by atoms with Crippen LogP contribution in [-0.2, 0) is 0 Å². The lowest BCUT2D eigenvalue weighted by Crippen LogP contribution is -2.08. The lowest BCUT2D eigenvalue weighted by Gasteiger charge is -2.14. The summed E-state index contributed by atoms with van der Waals surface area (Å²) >= 11 is 0. The maximum Gasteiger partial charge on any atom is 0.112 e. The largest absolute Gasteiger partial charge is 0.378 e. The van der Waals surface area contributed by atoms with Gasteiger partial charge in [-0.2, -0.15) is 5.10 Å². The molecule has 5 nitrogen and oxygen atoms in total. The number of nitrogens with one attached hydrogen (secondary N) is 1. The predicted molar refractivity (Wildman–Crippen MR) is 93.7 cm³/mol. The highest BCUT2D eigenvalue weighted by molar-refractivity contribution is 6.10. The second-order valence-electron chi connectivity index (χ2n) is 5.83. The lowest BCUT2D eigenvalue weighted by atomic mass is 10.0. The number of aromatic nitrogens is 4. The Morgan fingerprint density at radius 1 is 1.04 bits per heavy atom. The second-order valence-corrected chi connectivity index (χ2v) is 5.83. The maximum absolute atomic E-state index is 4.84. The van der Waals surface area contributed by atoms with Crippen molar-refractivity contribution in [3.63, 3.8) is 0 Å². The number of aryl methyl sites for hydroxylation is 1. The molecule has 114 valence electrons. The van der Waals surface area contributed by atoms with Crippen LogP contribution in [0.5, 0.6) is 0 Å². The molecule has 0 unspecified atom stereocenters. The first kappa shape index (κ1) is 13.7. The van der Waals surface area contributed by atoms with E-state index in [2.05, 4.69) is 38.3 Å². The number of aromatic amines is 1. The molecule has 0 radical (unpaired) electrons.